The van der Waals surface area contributed by atoms with E-state index in [0.29, 0.717) is 0 Å². The topological polar surface area (TPSA) is 29.9 Å². The fourth-order valence-corrected chi connectivity index (χ4v) is 2.81. The Morgan fingerprint density at radius 3 is 3.00 bits per heavy atom. The summed E-state index contributed by atoms with van der Waals surface area (Å²) >= 11 is 8.26. The molecule has 3 nitrogen and oxygen atoms in total. The van der Waals surface area contributed by atoms with E-state index in [1.165, 1.54) is 6.42 Å². The Hall–Kier alpha value is -0.750. The summed E-state index contributed by atoms with van der Waals surface area (Å²) in [5.41, 5.74) is 1.09. The second-order valence-electron chi connectivity index (χ2n) is 4.00. The van der Waals surface area contributed by atoms with Crippen LogP contribution in [0.15, 0.2) is 30.6 Å². The fourth-order valence-electron chi connectivity index (χ4n) is 1.68. The predicted molar refractivity (Wildman–Crippen MR) is 84.7 cm³/mol. The molecule has 0 radical (unpaired) electrons. The largest absolute Gasteiger partial charge is 0.355 e. The maximum absolute atomic E-state index is 5.98. The van der Waals surface area contributed by atoms with Crippen molar-refractivity contribution in [1.29, 1.82) is 0 Å². The van der Waals surface area contributed by atoms with Gasteiger partial charge >= 0.3 is 0 Å². The summed E-state index contributed by atoms with van der Waals surface area (Å²) in [5, 5.41) is 4.10. The van der Waals surface area contributed by atoms with Crippen LogP contribution in [0.3, 0.4) is 0 Å². The zero-order valence-electron chi connectivity index (χ0n) is 10.2. The molecule has 2 aromatic rings. The number of rotatable bonds is 5. The van der Waals surface area contributed by atoms with Crippen LogP contribution >= 0.6 is 34.2 Å². The Balaban J connectivity index is 2.25. The number of halogens is 2. The number of imidazole rings is 1. The van der Waals surface area contributed by atoms with Gasteiger partial charge in [0.1, 0.15) is 0 Å². The van der Waals surface area contributed by atoms with Crippen molar-refractivity contribution in [3.05, 3.63) is 39.2 Å². The van der Waals surface area contributed by atoms with E-state index < -0.39 is 0 Å². The zero-order valence-corrected chi connectivity index (χ0v) is 13.1. The first-order valence-corrected chi connectivity index (χ1v) is 7.40. The monoisotopic (exact) mass is 375 g/mol. The van der Waals surface area contributed by atoms with Gasteiger partial charge in [0.15, 0.2) is 0 Å². The lowest BCUT2D eigenvalue weighted by Crippen LogP contribution is -2.08. The number of hydrogen-bond donors (Lipinski definition) is 1. The van der Waals surface area contributed by atoms with Crippen LogP contribution in [0.5, 0.6) is 0 Å². The van der Waals surface area contributed by atoms with Gasteiger partial charge in [-0.25, -0.2) is 4.98 Å². The van der Waals surface area contributed by atoms with Crippen LogP contribution in [0.4, 0.5) is 5.95 Å². The first kappa shape index (κ1) is 13.7. The Morgan fingerprint density at radius 2 is 2.28 bits per heavy atom. The molecular weight excluding hydrogens is 361 g/mol. The van der Waals surface area contributed by atoms with Crippen molar-refractivity contribution in [3.8, 4) is 5.69 Å². The van der Waals surface area contributed by atoms with Crippen LogP contribution in [0.2, 0.25) is 5.02 Å². The van der Waals surface area contributed by atoms with Crippen LogP contribution < -0.4 is 5.32 Å². The van der Waals surface area contributed by atoms with E-state index in [1.54, 1.807) is 6.20 Å². The number of unbranched alkanes of at least 4 members (excludes halogenated alkanes) is 1. The highest BCUT2D eigenvalue weighted by Gasteiger charge is 2.07. The van der Waals surface area contributed by atoms with Gasteiger partial charge in [0.05, 0.1) is 5.69 Å². The average Bonchev–Trinajstić information content (AvgIpc) is 2.78. The Kier molecular flexibility index (Phi) is 4.88. The van der Waals surface area contributed by atoms with Gasteiger partial charge < -0.3 is 5.32 Å². The third-order valence-corrected chi connectivity index (χ3v) is 3.72. The summed E-state index contributed by atoms with van der Waals surface area (Å²) in [6, 6.07) is 5.86. The molecule has 0 spiro atoms. The van der Waals surface area contributed by atoms with Crippen LogP contribution in [0.25, 0.3) is 5.69 Å². The average molecular weight is 376 g/mol. The van der Waals surface area contributed by atoms with Gasteiger partial charge in [-0.15, -0.1) is 0 Å². The maximum atomic E-state index is 5.98. The minimum atomic E-state index is 0.753. The van der Waals surface area contributed by atoms with Crippen LogP contribution in [-0.2, 0) is 0 Å². The first-order valence-electron chi connectivity index (χ1n) is 5.95. The minimum absolute atomic E-state index is 0.753. The maximum Gasteiger partial charge on any atom is 0.207 e. The Bertz CT molecular complexity index is 525. The smallest absolute Gasteiger partial charge is 0.207 e. The molecule has 0 aliphatic rings. The van der Waals surface area contributed by atoms with Crippen molar-refractivity contribution < 1.29 is 0 Å². The summed E-state index contributed by atoms with van der Waals surface area (Å²) in [7, 11) is 0. The van der Waals surface area contributed by atoms with Crippen LogP contribution in [-0.4, -0.2) is 16.1 Å². The summed E-state index contributed by atoms with van der Waals surface area (Å²) in [6.07, 6.45) is 6.08. The molecule has 1 aromatic heterocycles. The highest BCUT2D eigenvalue weighted by Crippen LogP contribution is 2.23. The van der Waals surface area contributed by atoms with Gasteiger partial charge in [0.2, 0.25) is 5.95 Å². The van der Waals surface area contributed by atoms with Crippen molar-refractivity contribution in [3.63, 3.8) is 0 Å². The molecule has 0 saturated heterocycles. The lowest BCUT2D eigenvalue weighted by atomic mass is 10.3. The van der Waals surface area contributed by atoms with E-state index in [-0.39, 0.29) is 0 Å². The fraction of sp³-hybridized carbons (Fsp3) is 0.308. The van der Waals surface area contributed by atoms with Crippen LogP contribution in [0, 0.1) is 3.57 Å². The standard InChI is InChI=1S/C13H15ClIN3/c1-2-3-6-16-13-17-7-8-18(13)12-5-4-10(14)9-11(12)15/h4-5,7-9H,2-3,6H2,1H3,(H,16,17). The molecule has 0 saturated carbocycles. The molecule has 2 rings (SSSR count). The lowest BCUT2D eigenvalue weighted by Gasteiger charge is -2.11. The van der Waals surface area contributed by atoms with E-state index >= 15 is 0 Å². The van der Waals surface area contributed by atoms with E-state index in [0.717, 1.165) is 33.2 Å². The van der Waals surface area contributed by atoms with E-state index in [2.05, 4.69) is 39.8 Å². The molecule has 0 fully saturated rings. The summed E-state index contributed by atoms with van der Waals surface area (Å²) in [6.45, 7) is 3.12. The molecule has 5 heteroatoms. The van der Waals surface area contributed by atoms with E-state index in [1.807, 2.05) is 29.0 Å². The number of anilines is 1. The van der Waals surface area contributed by atoms with Crippen molar-refractivity contribution >= 4 is 40.1 Å². The molecule has 0 bridgehead atoms. The molecular formula is C13H15ClIN3. The number of aromatic nitrogens is 2. The van der Waals surface area contributed by atoms with Crippen molar-refractivity contribution in [2.45, 2.75) is 19.8 Å². The quantitative estimate of drug-likeness (QED) is 0.622. The lowest BCUT2D eigenvalue weighted by molar-refractivity contribution is 0.823. The number of nitrogens with zero attached hydrogens (tertiary/aromatic N) is 2. The molecule has 0 amide bonds. The third kappa shape index (κ3) is 3.17. The summed E-state index contributed by atoms with van der Waals surface area (Å²) in [4.78, 5) is 4.34. The third-order valence-electron chi connectivity index (χ3n) is 2.62. The van der Waals surface area contributed by atoms with Crippen LogP contribution in [0.1, 0.15) is 19.8 Å². The van der Waals surface area contributed by atoms with Crippen molar-refractivity contribution in [2.75, 3.05) is 11.9 Å². The Labute approximate surface area is 126 Å². The summed E-state index contributed by atoms with van der Waals surface area (Å²) in [5.74, 6) is 0.878. The predicted octanol–water partition coefficient (Wildman–Crippen LogP) is 4.34. The number of nitrogens with one attached hydrogen (secondary N) is 1. The molecule has 1 heterocycles. The van der Waals surface area contributed by atoms with Gasteiger partial charge in [0, 0.05) is 27.5 Å². The zero-order chi connectivity index (χ0) is 13.0. The molecule has 18 heavy (non-hydrogen) atoms. The van der Waals surface area contributed by atoms with Gasteiger partial charge in [-0.1, -0.05) is 24.9 Å². The molecule has 1 N–H and O–H groups in total. The number of benzene rings is 1. The SMILES string of the molecule is CCCCNc1nccn1-c1ccc(Cl)cc1I. The number of hydrogen-bond acceptors (Lipinski definition) is 2. The second kappa shape index (κ2) is 6.43. The normalized spacial score (nSPS) is 10.6. The molecule has 0 aliphatic carbocycles. The van der Waals surface area contributed by atoms with Gasteiger partial charge in [-0.3, -0.25) is 4.57 Å². The molecule has 1 aromatic carbocycles. The van der Waals surface area contributed by atoms with Gasteiger partial charge in [-0.2, -0.15) is 0 Å². The summed E-state index contributed by atoms with van der Waals surface area (Å²) < 4.78 is 3.16. The first-order chi connectivity index (χ1) is 8.72. The highest BCUT2D eigenvalue weighted by molar-refractivity contribution is 14.1. The van der Waals surface area contributed by atoms with Gasteiger partial charge in [0.25, 0.3) is 0 Å². The Morgan fingerprint density at radius 1 is 1.44 bits per heavy atom. The van der Waals surface area contributed by atoms with Crippen molar-refractivity contribution in [2.24, 2.45) is 0 Å². The van der Waals surface area contributed by atoms with E-state index in [9.17, 15) is 0 Å². The molecule has 0 unspecified atom stereocenters. The van der Waals surface area contributed by atoms with Gasteiger partial charge in [-0.05, 0) is 47.2 Å². The van der Waals surface area contributed by atoms with Crippen molar-refractivity contribution in [1.82, 2.24) is 9.55 Å². The highest BCUT2D eigenvalue weighted by atomic mass is 127. The minimum Gasteiger partial charge on any atom is -0.355 e. The molecule has 0 atom stereocenters. The molecule has 0 aliphatic heterocycles. The molecule has 96 valence electrons. The second-order valence-corrected chi connectivity index (χ2v) is 5.60. The van der Waals surface area contributed by atoms with E-state index in [4.69, 9.17) is 11.6 Å².